The summed E-state index contributed by atoms with van der Waals surface area (Å²) in [6.45, 7) is 4.67. The Labute approximate surface area is 77.9 Å². The monoisotopic (exact) mass is 187 g/mol. The van der Waals surface area contributed by atoms with Crippen LogP contribution < -0.4 is 16.9 Å². The van der Waals surface area contributed by atoms with E-state index in [4.69, 9.17) is 16.2 Å². The number of hydrogen-bond donors (Lipinski definition) is 3. The fraction of sp³-hybridized carbons (Fsp3) is 0.857. The summed E-state index contributed by atoms with van der Waals surface area (Å²) in [5, 5.41) is 2.07. The predicted octanol–water partition coefficient (Wildman–Crippen LogP) is -1.90. The Bertz CT molecular complexity index is 160. The second-order valence-corrected chi connectivity index (χ2v) is 2.81. The Morgan fingerprint density at radius 2 is 2.31 bits per heavy atom. The van der Waals surface area contributed by atoms with E-state index in [-0.39, 0.29) is 5.96 Å². The molecular formula is C7H17N5O. The molecule has 0 aromatic carbocycles. The molecule has 0 bridgehead atoms. The summed E-state index contributed by atoms with van der Waals surface area (Å²) in [7, 11) is 0. The van der Waals surface area contributed by atoms with Gasteiger partial charge in [0.05, 0.1) is 19.8 Å². The smallest absolute Gasteiger partial charge is 0.185 e. The number of nitrogens with one attached hydrogen (secondary N) is 1. The van der Waals surface area contributed by atoms with Gasteiger partial charge in [-0.2, -0.15) is 0 Å². The SMILES string of the molecule is NC(N)=NCCN1CCOCCN1. The Morgan fingerprint density at radius 1 is 1.46 bits per heavy atom. The van der Waals surface area contributed by atoms with Crippen molar-refractivity contribution in [1.82, 2.24) is 10.4 Å². The second kappa shape index (κ2) is 5.74. The van der Waals surface area contributed by atoms with Gasteiger partial charge in [0, 0.05) is 19.6 Å². The van der Waals surface area contributed by atoms with Gasteiger partial charge in [-0.15, -0.1) is 0 Å². The van der Waals surface area contributed by atoms with E-state index < -0.39 is 0 Å². The molecule has 0 saturated carbocycles. The molecule has 0 aromatic heterocycles. The summed E-state index contributed by atoms with van der Waals surface area (Å²) < 4.78 is 5.26. The van der Waals surface area contributed by atoms with Crippen molar-refractivity contribution in [2.75, 3.05) is 39.4 Å². The zero-order chi connectivity index (χ0) is 9.52. The first-order valence-corrected chi connectivity index (χ1v) is 4.40. The van der Waals surface area contributed by atoms with E-state index in [0.717, 1.165) is 32.8 Å². The molecule has 1 saturated heterocycles. The number of rotatable bonds is 3. The standard InChI is InChI=1S/C7H17N5O/c8-7(9)10-1-3-12-4-6-13-5-2-11-12/h11H,1-6H2,(H4,8,9,10). The number of hydrogen-bond acceptors (Lipinski definition) is 4. The van der Waals surface area contributed by atoms with Gasteiger partial charge in [-0.05, 0) is 0 Å². The van der Waals surface area contributed by atoms with Crippen molar-refractivity contribution < 1.29 is 4.74 Å². The zero-order valence-electron chi connectivity index (χ0n) is 7.70. The molecule has 5 N–H and O–H groups in total. The molecule has 0 spiro atoms. The van der Waals surface area contributed by atoms with E-state index >= 15 is 0 Å². The Hall–Kier alpha value is -0.850. The van der Waals surface area contributed by atoms with Gasteiger partial charge in [0.2, 0.25) is 0 Å². The first kappa shape index (κ1) is 10.2. The molecule has 0 radical (unpaired) electrons. The summed E-state index contributed by atoms with van der Waals surface area (Å²) in [4.78, 5) is 3.90. The van der Waals surface area contributed by atoms with Crippen LogP contribution in [0.2, 0.25) is 0 Å². The van der Waals surface area contributed by atoms with Crippen molar-refractivity contribution in [3.8, 4) is 0 Å². The van der Waals surface area contributed by atoms with Crippen molar-refractivity contribution in [2.45, 2.75) is 0 Å². The van der Waals surface area contributed by atoms with Crippen LogP contribution in [0.15, 0.2) is 4.99 Å². The molecule has 6 heteroatoms. The van der Waals surface area contributed by atoms with Crippen LogP contribution in [0, 0.1) is 0 Å². The number of guanidine groups is 1. The average Bonchev–Trinajstić information content (AvgIpc) is 2.32. The van der Waals surface area contributed by atoms with Gasteiger partial charge in [0.25, 0.3) is 0 Å². The number of nitrogens with zero attached hydrogens (tertiary/aromatic N) is 2. The normalized spacial score (nSPS) is 19.4. The van der Waals surface area contributed by atoms with E-state index in [1.807, 2.05) is 0 Å². The van der Waals surface area contributed by atoms with Gasteiger partial charge in [-0.25, -0.2) is 5.01 Å². The van der Waals surface area contributed by atoms with Gasteiger partial charge in [0.1, 0.15) is 0 Å². The minimum Gasteiger partial charge on any atom is -0.379 e. The van der Waals surface area contributed by atoms with Crippen LogP contribution in [0.3, 0.4) is 0 Å². The zero-order valence-corrected chi connectivity index (χ0v) is 7.70. The summed E-state index contributed by atoms with van der Waals surface area (Å²) in [6.07, 6.45) is 0. The number of hydrazine groups is 1. The van der Waals surface area contributed by atoms with E-state index in [1.54, 1.807) is 0 Å². The molecule has 1 fully saturated rings. The highest BCUT2D eigenvalue weighted by Gasteiger charge is 2.06. The van der Waals surface area contributed by atoms with E-state index in [0.29, 0.717) is 6.54 Å². The molecule has 13 heavy (non-hydrogen) atoms. The highest BCUT2D eigenvalue weighted by molar-refractivity contribution is 5.75. The second-order valence-electron chi connectivity index (χ2n) is 2.81. The fourth-order valence-electron chi connectivity index (χ4n) is 1.12. The molecule has 0 aliphatic carbocycles. The topological polar surface area (TPSA) is 88.9 Å². The lowest BCUT2D eigenvalue weighted by Gasteiger charge is -2.18. The van der Waals surface area contributed by atoms with Crippen LogP contribution in [0.4, 0.5) is 0 Å². The van der Waals surface area contributed by atoms with Gasteiger partial charge in [-0.1, -0.05) is 0 Å². The number of ether oxygens (including phenoxy) is 1. The lowest BCUT2D eigenvalue weighted by Crippen LogP contribution is -2.40. The third-order valence-corrected chi connectivity index (χ3v) is 1.75. The third kappa shape index (κ3) is 4.66. The molecule has 0 amide bonds. The highest BCUT2D eigenvalue weighted by atomic mass is 16.5. The van der Waals surface area contributed by atoms with E-state index in [1.165, 1.54) is 0 Å². The van der Waals surface area contributed by atoms with Gasteiger partial charge >= 0.3 is 0 Å². The van der Waals surface area contributed by atoms with Crippen LogP contribution in [0.5, 0.6) is 0 Å². The third-order valence-electron chi connectivity index (χ3n) is 1.75. The average molecular weight is 187 g/mol. The molecule has 1 heterocycles. The van der Waals surface area contributed by atoms with Gasteiger partial charge in [0.15, 0.2) is 5.96 Å². The Morgan fingerprint density at radius 3 is 3.08 bits per heavy atom. The summed E-state index contributed by atoms with van der Waals surface area (Å²) in [5.74, 6) is 0.145. The van der Waals surface area contributed by atoms with Crippen LogP contribution in [0.25, 0.3) is 0 Å². The van der Waals surface area contributed by atoms with E-state index in [9.17, 15) is 0 Å². The molecule has 0 unspecified atom stereocenters. The summed E-state index contributed by atoms with van der Waals surface area (Å²) in [6, 6.07) is 0. The van der Waals surface area contributed by atoms with Crippen LogP contribution in [-0.4, -0.2) is 50.4 Å². The molecule has 1 aliphatic rings. The van der Waals surface area contributed by atoms with Crippen molar-refractivity contribution in [2.24, 2.45) is 16.5 Å². The molecule has 76 valence electrons. The summed E-state index contributed by atoms with van der Waals surface area (Å²) in [5.41, 5.74) is 13.6. The van der Waals surface area contributed by atoms with Crippen molar-refractivity contribution in [3.63, 3.8) is 0 Å². The fourth-order valence-corrected chi connectivity index (χ4v) is 1.12. The van der Waals surface area contributed by atoms with Crippen molar-refractivity contribution in [1.29, 1.82) is 0 Å². The van der Waals surface area contributed by atoms with Gasteiger partial charge < -0.3 is 16.2 Å². The first-order chi connectivity index (χ1) is 6.29. The summed E-state index contributed by atoms with van der Waals surface area (Å²) >= 11 is 0. The maximum atomic E-state index is 5.26. The minimum atomic E-state index is 0.145. The maximum absolute atomic E-state index is 5.26. The van der Waals surface area contributed by atoms with Crippen molar-refractivity contribution in [3.05, 3.63) is 0 Å². The van der Waals surface area contributed by atoms with Crippen LogP contribution in [0.1, 0.15) is 0 Å². The minimum absolute atomic E-state index is 0.145. The predicted molar refractivity (Wildman–Crippen MR) is 51.1 cm³/mol. The van der Waals surface area contributed by atoms with E-state index in [2.05, 4.69) is 15.4 Å². The molecule has 6 nitrogen and oxygen atoms in total. The van der Waals surface area contributed by atoms with Crippen LogP contribution in [-0.2, 0) is 4.74 Å². The lowest BCUT2D eigenvalue weighted by atomic mass is 10.5. The number of nitrogens with two attached hydrogens (primary N) is 2. The van der Waals surface area contributed by atoms with Crippen LogP contribution >= 0.6 is 0 Å². The molecule has 1 rings (SSSR count). The first-order valence-electron chi connectivity index (χ1n) is 4.40. The molecule has 0 aromatic rings. The van der Waals surface area contributed by atoms with Gasteiger partial charge in [-0.3, -0.25) is 10.4 Å². The quantitative estimate of drug-likeness (QED) is 0.354. The molecule has 0 atom stereocenters. The number of aliphatic imine (C=N–C) groups is 1. The Kier molecular flexibility index (Phi) is 4.52. The van der Waals surface area contributed by atoms with Crippen molar-refractivity contribution >= 4 is 5.96 Å². The maximum Gasteiger partial charge on any atom is 0.185 e. The largest absolute Gasteiger partial charge is 0.379 e. The Balaban J connectivity index is 2.15. The lowest BCUT2D eigenvalue weighted by molar-refractivity contribution is 0.143. The highest BCUT2D eigenvalue weighted by Crippen LogP contribution is 1.89. The molecule has 1 aliphatic heterocycles. The molecular weight excluding hydrogens is 170 g/mol.